The number of hydrogen-bond acceptors (Lipinski definition) is 1. The maximum atomic E-state index is 12.9. The largest absolute Gasteiger partial charge is 0.416 e. The van der Waals surface area contributed by atoms with E-state index in [4.69, 9.17) is 0 Å². The molecule has 0 saturated carbocycles. The zero-order valence-electron chi connectivity index (χ0n) is 12.6. The first-order valence-electron chi connectivity index (χ1n) is 7.09. The Balaban J connectivity index is 2.31. The van der Waals surface area contributed by atoms with Crippen molar-refractivity contribution < 1.29 is 13.2 Å². The average Bonchev–Trinajstić information content (AvgIpc) is 2.51. The second-order valence-corrected chi connectivity index (χ2v) is 5.53. The van der Waals surface area contributed by atoms with E-state index in [1.807, 2.05) is 13.0 Å². The molecule has 0 aliphatic rings. The summed E-state index contributed by atoms with van der Waals surface area (Å²) in [5.74, 6) is 0. The number of alkyl halides is 3. The van der Waals surface area contributed by atoms with Crippen molar-refractivity contribution in [2.24, 2.45) is 0 Å². The first-order chi connectivity index (χ1) is 10.8. The molecular formula is C18H14F3NO. The van der Waals surface area contributed by atoms with Gasteiger partial charge in [-0.2, -0.15) is 13.2 Å². The number of para-hydroxylation sites is 1. The van der Waals surface area contributed by atoms with E-state index in [-0.39, 0.29) is 5.43 Å². The molecule has 1 aromatic heterocycles. The molecule has 0 aliphatic carbocycles. The molecule has 0 amide bonds. The van der Waals surface area contributed by atoms with Crippen molar-refractivity contribution in [3.05, 3.63) is 69.4 Å². The summed E-state index contributed by atoms with van der Waals surface area (Å²) < 4.78 is 38.7. The molecular weight excluding hydrogens is 303 g/mol. The number of rotatable bonds is 1. The monoisotopic (exact) mass is 317 g/mol. The van der Waals surface area contributed by atoms with Crippen molar-refractivity contribution >= 4 is 10.9 Å². The Kier molecular flexibility index (Phi) is 3.51. The van der Waals surface area contributed by atoms with Gasteiger partial charge >= 0.3 is 6.18 Å². The summed E-state index contributed by atoms with van der Waals surface area (Å²) in [6.07, 6.45) is -4.42. The highest BCUT2D eigenvalue weighted by molar-refractivity contribution is 5.85. The smallest absolute Gasteiger partial charge is 0.354 e. The highest BCUT2D eigenvalue weighted by Crippen LogP contribution is 2.32. The zero-order valence-corrected chi connectivity index (χ0v) is 12.6. The van der Waals surface area contributed by atoms with Gasteiger partial charge in [0, 0.05) is 10.9 Å². The Bertz CT molecular complexity index is 955. The quantitative estimate of drug-likeness (QED) is 0.685. The lowest BCUT2D eigenvalue weighted by Crippen LogP contribution is -2.11. The van der Waals surface area contributed by atoms with Crippen LogP contribution < -0.4 is 5.43 Å². The molecule has 1 N–H and O–H groups in total. The first-order valence-corrected chi connectivity index (χ1v) is 7.09. The minimum Gasteiger partial charge on any atom is -0.354 e. The molecule has 0 bridgehead atoms. The van der Waals surface area contributed by atoms with Crippen LogP contribution in [0, 0.1) is 13.8 Å². The van der Waals surface area contributed by atoms with E-state index in [2.05, 4.69) is 4.98 Å². The summed E-state index contributed by atoms with van der Waals surface area (Å²) in [6, 6.07) is 10.3. The first kappa shape index (κ1) is 15.3. The fourth-order valence-electron chi connectivity index (χ4n) is 2.70. The number of benzene rings is 2. The fourth-order valence-corrected chi connectivity index (χ4v) is 2.70. The summed E-state index contributed by atoms with van der Waals surface area (Å²) in [6.45, 7) is 3.47. The number of halogens is 3. The van der Waals surface area contributed by atoms with Crippen LogP contribution in [0.5, 0.6) is 0 Å². The molecule has 2 nitrogen and oxygen atoms in total. The lowest BCUT2D eigenvalue weighted by atomic mass is 10.0. The van der Waals surface area contributed by atoms with E-state index in [9.17, 15) is 18.0 Å². The third-order valence-corrected chi connectivity index (χ3v) is 3.96. The lowest BCUT2D eigenvalue weighted by Gasteiger charge is -2.12. The highest BCUT2D eigenvalue weighted by Gasteiger charge is 2.30. The molecule has 5 heteroatoms. The van der Waals surface area contributed by atoms with Gasteiger partial charge < -0.3 is 4.98 Å². The zero-order chi connectivity index (χ0) is 16.8. The van der Waals surface area contributed by atoms with E-state index in [1.165, 1.54) is 6.07 Å². The van der Waals surface area contributed by atoms with Gasteiger partial charge in [-0.15, -0.1) is 0 Å². The summed E-state index contributed by atoms with van der Waals surface area (Å²) >= 11 is 0. The third kappa shape index (κ3) is 2.63. The second-order valence-electron chi connectivity index (χ2n) is 5.53. The van der Waals surface area contributed by atoms with Crippen molar-refractivity contribution in [3.8, 4) is 11.3 Å². The van der Waals surface area contributed by atoms with Gasteiger partial charge in [0.15, 0.2) is 5.43 Å². The normalized spacial score (nSPS) is 11.9. The maximum absolute atomic E-state index is 12.9. The topological polar surface area (TPSA) is 32.9 Å². The summed E-state index contributed by atoms with van der Waals surface area (Å²) in [5.41, 5.74) is 1.78. The number of pyridine rings is 1. The van der Waals surface area contributed by atoms with Gasteiger partial charge in [0.1, 0.15) is 0 Å². The SMILES string of the molecule is Cc1c(-c2cccc(C(F)(F)F)c2)[nH]c2c(C)cccc2c1=O. The predicted molar refractivity (Wildman–Crippen MR) is 84.5 cm³/mol. The van der Waals surface area contributed by atoms with Crippen molar-refractivity contribution in [3.63, 3.8) is 0 Å². The van der Waals surface area contributed by atoms with Crippen molar-refractivity contribution in [1.29, 1.82) is 0 Å². The molecule has 23 heavy (non-hydrogen) atoms. The van der Waals surface area contributed by atoms with E-state index in [0.29, 0.717) is 27.7 Å². The second kappa shape index (κ2) is 5.26. The standard InChI is InChI=1S/C18H14F3NO/c1-10-5-3-8-14-15(10)22-16(11(2)17(14)23)12-6-4-7-13(9-12)18(19,20)21/h3-9H,1-2H3,(H,22,23). The van der Waals surface area contributed by atoms with Crippen LogP contribution >= 0.6 is 0 Å². The van der Waals surface area contributed by atoms with Gasteiger partial charge in [0.25, 0.3) is 0 Å². The van der Waals surface area contributed by atoms with E-state index in [1.54, 1.807) is 25.1 Å². The van der Waals surface area contributed by atoms with E-state index < -0.39 is 11.7 Å². The van der Waals surface area contributed by atoms with Gasteiger partial charge in [-0.3, -0.25) is 4.79 Å². The number of hydrogen-bond donors (Lipinski definition) is 1. The molecule has 0 radical (unpaired) electrons. The van der Waals surface area contributed by atoms with Gasteiger partial charge in [0.05, 0.1) is 16.8 Å². The van der Waals surface area contributed by atoms with E-state index >= 15 is 0 Å². The van der Waals surface area contributed by atoms with Gasteiger partial charge in [-0.1, -0.05) is 24.3 Å². The number of H-pyrrole nitrogens is 1. The van der Waals surface area contributed by atoms with Crippen LogP contribution in [0.2, 0.25) is 0 Å². The average molecular weight is 317 g/mol. The van der Waals surface area contributed by atoms with Gasteiger partial charge in [-0.05, 0) is 43.2 Å². The fraction of sp³-hybridized carbons (Fsp3) is 0.167. The van der Waals surface area contributed by atoms with Crippen LogP contribution in [-0.2, 0) is 6.18 Å². The number of aryl methyl sites for hydroxylation is 1. The maximum Gasteiger partial charge on any atom is 0.416 e. The van der Waals surface area contributed by atoms with Crippen LogP contribution in [0.3, 0.4) is 0 Å². The number of aromatic nitrogens is 1. The molecule has 0 saturated heterocycles. The van der Waals surface area contributed by atoms with Crippen LogP contribution in [0.1, 0.15) is 16.7 Å². The summed E-state index contributed by atoms with van der Waals surface area (Å²) in [7, 11) is 0. The molecule has 2 aromatic carbocycles. The Morgan fingerprint density at radius 1 is 1.00 bits per heavy atom. The molecule has 1 heterocycles. The Morgan fingerprint density at radius 3 is 2.39 bits per heavy atom. The molecule has 118 valence electrons. The van der Waals surface area contributed by atoms with Crippen molar-refractivity contribution in [2.45, 2.75) is 20.0 Å². The summed E-state index contributed by atoms with van der Waals surface area (Å²) in [4.78, 5) is 15.6. The molecule has 3 rings (SSSR count). The molecule has 0 atom stereocenters. The molecule has 0 aliphatic heterocycles. The number of fused-ring (bicyclic) bond motifs is 1. The molecule has 0 spiro atoms. The van der Waals surface area contributed by atoms with Crippen molar-refractivity contribution in [1.82, 2.24) is 4.98 Å². The minimum absolute atomic E-state index is 0.171. The predicted octanol–water partition coefficient (Wildman–Crippen LogP) is 4.83. The Morgan fingerprint density at radius 2 is 1.70 bits per heavy atom. The van der Waals surface area contributed by atoms with E-state index in [0.717, 1.165) is 17.7 Å². The van der Waals surface area contributed by atoms with Gasteiger partial charge in [-0.25, -0.2) is 0 Å². The molecule has 3 aromatic rings. The lowest BCUT2D eigenvalue weighted by molar-refractivity contribution is -0.137. The molecule has 0 unspecified atom stereocenters. The van der Waals surface area contributed by atoms with Gasteiger partial charge in [0.2, 0.25) is 0 Å². The van der Waals surface area contributed by atoms with Crippen molar-refractivity contribution in [2.75, 3.05) is 0 Å². The van der Waals surface area contributed by atoms with Crippen LogP contribution in [0.4, 0.5) is 13.2 Å². The Labute approximate surface area is 130 Å². The summed E-state index contributed by atoms with van der Waals surface area (Å²) in [5, 5.41) is 0.540. The van der Waals surface area contributed by atoms with Crippen LogP contribution in [-0.4, -0.2) is 4.98 Å². The number of nitrogens with one attached hydrogen (secondary N) is 1. The highest BCUT2D eigenvalue weighted by atomic mass is 19.4. The minimum atomic E-state index is -4.42. The van der Waals surface area contributed by atoms with Crippen LogP contribution in [0.25, 0.3) is 22.2 Å². The number of aromatic amines is 1. The third-order valence-electron chi connectivity index (χ3n) is 3.96. The Hall–Kier alpha value is -2.56. The van der Waals surface area contributed by atoms with Crippen LogP contribution in [0.15, 0.2) is 47.3 Å². The molecule has 0 fully saturated rings.